The highest BCUT2D eigenvalue weighted by atomic mass is 19.1. The van der Waals surface area contributed by atoms with Gasteiger partial charge >= 0.3 is 6.03 Å². The second kappa shape index (κ2) is 8.09. The van der Waals surface area contributed by atoms with E-state index in [1.54, 1.807) is 0 Å². The number of carbonyl (C=O) groups excluding carboxylic acids is 2. The molecule has 1 N–H and O–H groups in total. The second-order valence-corrected chi connectivity index (χ2v) is 6.49. The Morgan fingerprint density at radius 2 is 1.86 bits per heavy atom. The molecular weight excluding hydrogens is 377 g/mol. The summed E-state index contributed by atoms with van der Waals surface area (Å²) in [6.45, 7) is 0.822. The first-order chi connectivity index (χ1) is 14.1. The second-order valence-electron chi connectivity index (χ2n) is 6.49. The predicted octanol–water partition coefficient (Wildman–Crippen LogP) is 2.43. The zero-order valence-electron chi connectivity index (χ0n) is 15.4. The first kappa shape index (κ1) is 18.6. The van der Waals surface area contributed by atoms with Gasteiger partial charge < -0.3 is 14.7 Å². The molecule has 3 aromatic rings. The van der Waals surface area contributed by atoms with Gasteiger partial charge in [0.25, 0.3) is 0 Å². The lowest BCUT2D eigenvalue weighted by Crippen LogP contribution is -2.39. The normalized spacial score (nSPS) is 13.8. The van der Waals surface area contributed by atoms with Crippen LogP contribution in [0, 0.1) is 5.82 Å². The molecule has 148 valence electrons. The summed E-state index contributed by atoms with van der Waals surface area (Å²) >= 11 is 0. The Morgan fingerprint density at radius 3 is 2.62 bits per heavy atom. The molecule has 1 aromatic heterocycles. The Labute approximate surface area is 165 Å². The van der Waals surface area contributed by atoms with Crippen molar-refractivity contribution in [3.63, 3.8) is 0 Å². The van der Waals surface area contributed by atoms with Gasteiger partial charge in [0.15, 0.2) is 0 Å². The van der Waals surface area contributed by atoms with Crippen molar-refractivity contribution in [1.29, 1.82) is 0 Å². The zero-order chi connectivity index (χ0) is 20.2. The monoisotopic (exact) mass is 395 g/mol. The van der Waals surface area contributed by atoms with Crippen molar-refractivity contribution in [1.82, 2.24) is 20.4 Å². The number of carbonyl (C=O) groups is 2. The number of hydrogen-bond acceptors (Lipinski definition) is 5. The number of benzene rings is 2. The van der Waals surface area contributed by atoms with Gasteiger partial charge in [-0.2, -0.15) is 4.98 Å². The highest BCUT2D eigenvalue weighted by Crippen LogP contribution is 2.20. The maximum atomic E-state index is 13.1. The number of hydrogen-bond donors (Lipinski definition) is 1. The number of urea groups is 1. The maximum Gasteiger partial charge on any atom is 0.325 e. The van der Waals surface area contributed by atoms with Crippen LogP contribution < -0.4 is 10.2 Å². The van der Waals surface area contributed by atoms with Gasteiger partial charge in [-0.15, -0.1) is 0 Å². The van der Waals surface area contributed by atoms with Crippen LogP contribution in [0.2, 0.25) is 0 Å². The van der Waals surface area contributed by atoms with Crippen molar-refractivity contribution in [2.24, 2.45) is 0 Å². The first-order valence-corrected chi connectivity index (χ1v) is 9.07. The van der Waals surface area contributed by atoms with E-state index < -0.39 is 0 Å². The smallest absolute Gasteiger partial charge is 0.325 e. The van der Waals surface area contributed by atoms with E-state index in [1.807, 2.05) is 30.3 Å². The molecule has 0 radical (unpaired) electrons. The zero-order valence-corrected chi connectivity index (χ0v) is 15.4. The molecule has 1 fully saturated rings. The van der Waals surface area contributed by atoms with E-state index in [1.165, 1.54) is 34.1 Å². The molecule has 0 unspecified atom stereocenters. The molecule has 0 bridgehead atoms. The maximum absolute atomic E-state index is 13.1. The van der Waals surface area contributed by atoms with E-state index in [9.17, 15) is 14.0 Å². The molecule has 2 heterocycles. The van der Waals surface area contributed by atoms with Gasteiger partial charge in [0.05, 0.1) is 6.54 Å². The minimum absolute atomic E-state index is 0.0718. The number of anilines is 1. The lowest BCUT2D eigenvalue weighted by atomic mass is 10.2. The third-order valence-corrected chi connectivity index (χ3v) is 4.50. The standard InChI is InChI=1S/C20H18FN5O3/c21-15-6-8-16(9-7-15)26-11-10-25(20(26)28)13-17(27)22-12-18-23-19(24-29-18)14-4-2-1-3-5-14/h1-9H,10-13H2,(H,22,27). The summed E-state index contributed by atoms with van der Waals surface area (Å²) in [7, 11) is 0. The van der Waals surface area contributed by atoms with Gasteiger partial charge in [0, 0.05) is 24.3 Å². The molecule has 9 heteroatoms. The van der Waals surface area contributed by atoms with Crippen LogP contribution in [0.4, 0.5) is 14.9 Å². The Hall–Kier alpha value is -3.75. The molecule has 0 aliphatic carbocycles. The summed E-state index contributed by atoms with van der Waals surface area (Å²) < 4.78 is 18.2. The van der Waals surface area contributed by atoms with Gasteiger partial charge in [0.1, 0.15) is 12.4 Å². The Bertz CT molecular complexity index is 1010. The summed E-state index contributed by atoms with van der Waals surface area (Å²) in [5.74, 6) is 0.0178. The predicted molar refractivity (Wildman–Crippen MR) is 102 cm³/mol. The van der Waals surface area contributed by atoms with Crippen molar-refractivity contribution >= 4 is 17.6 Å². The highest BCUT2D eigenvalue weighted by Gasteiger charge is 2.30. The summed E-state index contributed by atoms with van der Waals surface area (Å²) in [6, 6.07) is 14.7. The molecule has 1 saturated heterocycles. The molecule has 4 rings (SSSR count). The van der Waals surface area contributed by atoms with E-state index in [0.717, 1.165) is 5.56 Å². The fourth-order valence-electron chi connectivity index (χ4n) is 3.02. The van der Waals surface area contributed by atoms with Crippen LogP contribution in [-0.2, 0) is 11.3 Å². The SMILES string of the molecule is O=C(CN1CCN(c2ccc(F)cc2)C1=O)NCc1nc(-c2ccccc2)no1. The third kappa shape index (κ3) is 4.23. The van der Waals surface area contributed by atoms with Gasteiger partial charge in [-0.05, 0) is 24.3 Å². The molecular formula is C20H18FN5O3. The highest BCUT2D eigenvalue weighted by molar-refractivity contribution is 5.96. The van der Waals surface area contributed by atoms with Gasteiger partial charge in [-0.25, -0.2) is 9.18 Å². The summed E-state index contributed by atoms with van der Waals surface area (Å²) in [6.07, 6.45) is 0. The molecule has 0 atom stereocenters. The van der Waals surface area contributed by atoms with Gasteiger partial charge in [0.2, 0.25) is 17.6 Å². The Kier molecular flexibility index (Phi) is 5.19. The average Bonchev–Trinajstić information content (AvgIpc) is 3.35. The lowest BCUT2D eigenvalue weighted by molar-refractivity contribution is -0.121. The minimum atomic E-state index is -0.368. The molecule has 2 aromatic carbocycles. The summed E-state index contributed by atoms with van der Waals surface area (Å²) in [5, 5.41) is 6.57. The van der Waals surface area contributed by atoms with Crippen molar-refractivity contribution in [2.75, 3.05) is 24.5 Å². The number of nitrogens with zero attached hydrogens (tertiary/aromatic N) is 4. The first-order valence-electron chi connectivity index (χ1n) is 9.07. The Balaban J connectivity index is 1.30. The van der Waals surface area contributed by atoms with Gasteiger partial charge in [-0.1, -0.05) is 35.5 Å². The topological polar surface area (TPSA) is 91.6 Å². The van der Waals surface area contributed by atoms with Crippen molar-refractivity contribution in [3.05, 3.63) is 66.3 Å². The van der Waals surface area contributed by atoms with Crippen LogP contribution in [0.25, 0.3) is 11.4 Å². The number of nitrogens with one attached hydrogen (secondary N) is 1. The number of amides is 3. The number of rotatable bonds is 6. The average molecular weight is 395 g/mol. The van der Waals surface area contributed by atoms with Crippen molar-refractivity contribution in [3.8, 4) is 11.4 Å². The summed E-state index contributed by atoms with van der Waals surface area (Å²) in [5.41, 5.74) is 1.41. The van der Waals surface area contributed by atoms with Crippen molar-refractivity contribution in [2.45, 2.75) is 6.54 Å². The van der Waals surface area contributed by atoms with Gasteiger partial charge in [-0.3, -0.25) is 9.69 Å². The quantitative estimate of drug-likeness (QED) is 0.692. The molecule has 0 saturated carbocycles. The van der Waals surface area contributed by atoms with Crippen LogP contribution in [0.1, 0.15) is 5.89 Å². The fraction of sp³-hybridized carbons (Fsp3) is 0.200. The molecule has 3 amide bonds. The third-order valence-electron chi connectivity index (χ3n) is 4.50. The molecule has 1 aliphatic rings. The van der Waals surface area contributed by atoms with Crippen LogP contribution in [-0.4, -0.2) is 46.6 Å². The number of aromatic nitrogens is 2. The largest absolute Gasteiger partial charge is 0.345 e. The molecule has 29 heavy (non-hydrogen) atoms. The lowest BCUT2D eigenvalue weighted by Gasteiger charge is -2.18. The van der Waals surface area contributed by atoms with Crippen LogP contribution in [0.5, 0.6) is 0 Å². The fourth-order valence-corrected chi connectivity index (χ4v) is 3.02. The van der Waals surface area contributed by atoms with Crippen LogP contribution in [0.15, 0.2) is 59.1 Å². The Morgan fingerprint density at radius 1 is 1.10 bits per heavy atom. The molecule has 1 aliphatic heterocycles. The van der Waals surface area contributed by atoms with E-state index in [0.29, 0.717) is 24.6 Å². The number of halogens is 1. The van der Waals surface area contributed by atoms with E-state index >= 15 is 0 Å². The van der Waals surface area contributed by atoms with E-state index in [4.69, 9.17) is 4.52 Å². The van der Waals surface area contributed by atoms with E-state index in [2.05, 4.69) is 15.5 Å². The summed E-state index contributed by atoms with van der Waals surface area (Å²) in [4.78, 5) is 31.9. The molecule has 0 spiro atoms. The van der Waals surface area contributed by atoms with Crippen molar-refractivity contribution < 1.29 is 18.5 Å². The minimum Gasteiger partial charge on any atom is -0.345 e. The van der Waals surface area contributed by atoms with E-state index in [-0.39, 0.29) is 36.7 Å². The van der Waals surface area contributed by atoms with Crippen LogP contribution in [0.3, 0.4) is 0 Å². The van der Waals surface area contributed by atoms with Crippen LogP contribution >= 0.6 is 0 Å². The molecule has 8 nitrogen and oxygen atoms in total.